The van der Waals surface area contributed by atoms with Gasteiger partial charge in [0.25, 0.3) is 0 Å². The molecule has 0 bridgehead atoms. The van der Waals surface area contributed by atoms with Gasteiger partial charge in [-0.25, -0.2) is 9.67 Å². The third kappa shape index (κ3) is 2.16. The first-order valence-corrected chi connectivity index (χ1v) is 6.86. The third-order valence-electron chi connectivity index (χ3n) is 2.78. The lowest BCUT2D eigenvalue weighted by Crippen LogP contribution is -2.04. The number of rotatable bonds is 4. The largest absolute Gasteiger partial charge is 0.358 e. The summed E-state index contributed by atoms with van der Waals surface area (Å²) in [5, 5.41) is 19.7. The van der Waals surface area contributed by atoms with Crippen LogP contribution in [0.3, 0.4) is 0 Å². The summed E-state index contributed by atoms with van der Waals surface area (Å²) in [5.41, 5.74) is 1.65. The molecule has 0 atom stereocenters. The van der Waals surface area contributed by atoms with Crippen molar-refractivity contribution in [2.75, 3.05) is 0 Å². The van der Waals surface area contributed by atoms with E-state index in [4.69, 9.17) is 0 Å². The van der Waals surface area contributed by atoms with Gasteiger partial charge in [0.15, 0.2) is 5.69 Å². The van der Waals surface area contributed by atoms with Gasteiger partial charge in [0.05, 0.1) is 18.4 Å². The molecule has 0 aliphatic rings. The van der Waals surface area contributed by atoms with E-state index in [9.17, 15) is 10.1 Å². The number of fused-ring (bicyclic) bond motifs is 1. The monoisotopic (exact) mass is 336 g/mol. The van der Waals surface area contributed by atoms with E-state index >= 15 is 0 Å². The molecule has 0 aliphatic heterocycles. The van der Waals surface area contributed by atoms with Crippen molar-refractivity contribution in [3.8, 4) is 0 Å². The number of pyridine rings is 1. The molecule has 8 nitrogen and oxygen atoms in total. The highest BCUT2D eigenvalue weighted by Crippen LogP contribution is 2.21. The summed E-state index contributed by atoms with van der Waals surface area (Å²) in [7, 11) is 0. The van der Waals surface area contributed by atoms with Gasteiger partial charge in [0, 0.05) is 17.6 Å². The van der Waals surface area contributed by atoms with E-state index < -0.39 is 4.92 Å². The van der Waals surface area contributed by atoms with Crippen molar-refractivity contribution in [2.45, 2.75) is 11.9 Å². The van der Waals surface area contributed by atoms with Crippen LogP contribution in [0.4, 0.5) is 5.82 Å². The first-order chi connectivity index (χ1) is 9.69. The number of imidazole rings is 1. The van der Waals surface area contributed by atoms with Gasteiger partial charge in [-0.05, 0) is 11.0 Å². The Labute approximate surface area is 121 Å². The number of alkyl halides is 1. The second kappa shape index (κ2) is 5.00. The SMILES string of the molecule is O=[N+]([O-])c1c(Cn2cc(CBr)nn2)nc2ccccn12. The standard InChI is InChI=1S/C11H9BrN6O2/c12-5-8-6-16(15-14-8)7-9-11(18(19)20)17-4-2-1-3-10(17)13-9/h1-4,6H,5,7H2. The van der Waals surface area contributed by atoms with Crippen LogP contribution < -0.4 is 0 Å². The maximum atomic E-state index is 11.2. The molecule has 9 heteroatoms. The van der Waals surface area contributed by atoms with Crippen LogP contribution in [0.1, 0.15) is 11.4 Å². The Morgan fingerprint density at radius 3 is 2.95 bits per heavy atom. The summed E-state index contributed by atoms with van der Waals surface area (Å²) >= 11 is 3.28. The molecule has 0 amide bonds. The summed E-state index contributed by atoms with van der Waals surface area (Å²) in [6.45, 7) is 0.206. The van der Waals surface area contributed by atoms with Crippen molar-refractivity contribution < 1.29 is 4.92 Å². The number of nitro groups is 1. The van der Waals surface area contributed by atoms with Crippen molar-refractivity contribution >= 4 is 27.4 Å². The molecule has 0 N–H and O–H groups in total. The summed E-state index contributed by atoms with van der Waals surface area (Å²) in [5.74, 6) is -0.0449. The molecular weight excluding hydrogens is 328 g/mol. The molecule has 3 rings (SSSR count). The Balaban J connectivity index is 2.06. The van der Waals surface area contributed by atoms with Gasteiger partial charge in [-0.1, -0.05) is 27.2 Å². The van der Waals surface area contributed by atoms with Crippen molar-refractivity contribution in [1.29, 1.82) is 0 Å². The predicted molar refractivity (Wildman–Crippen MR) is 73.6 cm³/mol. The number of hydrogen-bond acceptors (Lipinski definition) is 5. The zero-order valence-electron chi connectivity index (χ0n) is 10.2. The molecular formula is C11H9BrN6O2. The second-order valence-corrected chi connectivity index (χ2v) is 4.67. The lowest BCUT2D eigenvalue weighted by atomic mass is 10.4. The Hall–Kier alpha value is -2.29. The van der Waals surface area contributed by atoms with E-state index in [1.807, 2.05) is 0 Å². The normalized spacial score (nSPS) is 11.1. The van der Waals surface area contributed by atoms with Gasteiger partial charge in [-0.15, -0.1) is 5.10 Å². The fraction of sp³-hybridized carbons (Fsp3) is 0.182. The maximum Gasteiger partial charge on any atom is 0.353 e. The molecule has 102 valence electrons. The molecule has 3 aromatic rings. The number of aromatic nitrogens is 5. The molecule has 3 aromatic heterocycles. The molecule has 0 unspecified atom stereocenters. The lowest BCUT2D eigenvalue weighted by molar-refractivity contribution is -0.391. The fourth-order valence-corrected chi connectivity index (χ4v) is 2.22. The summed E-state index contributed by atoms with van der Waals surface area (Å²) in [6.07, 6.45) is 3.34. The topological polar surface area (TPSA) is 91.1 Å². The van der Waals surface area contributed by atoms with Crippen LogP contribution in [0.15, 0.2) is 30.6 Å². The van der Waals surface area contributed by atoms with Crippen molar-refractivity contribution in [1.82, 2.24) is 24.4 Å². The highest BCUT2D eigenvalue weighted by atomic mass is 79.9. The van der Waals surface area contributed by atoms with Crippen LogP contribution >= 0.6 is 15.9 Å². The zero-order chi connectivity index (χ0) is 14.1. The first kappa shape index (κ1) is 12.7. The molecule has 3 heterocycles. The van der Waals surface area contributed by atoms with Gasteiger partial charge < -0.3 is 10.1 Å². The highest BCUT2D eigenvalue weighted by molar-refractivity contribution is 9.08. The number of hydrogen-bond donors (Lipinski definition) is 0. The van der Waals surface area contributed by atoms with Crippen LogP contribution in [0.5, 0.6) is 0 Å². The summed E-state index contributed by atoms with van der Waals surface area (Å²) in [6, 6.07) is 5.24. The van der Waals surface area contributed by atoms with Gasteiger partial charge in [0.2, 0.25) is 5.65 Å². The van der Waals surface area contributed by atoms with E-state index in [0.717, 1.165) is 5.69 Å². The average Bonchev–Trinajstić information content (AvgIpc) is 3.02. The molecule has 0 aliphatic carbocycles. The minimum absolute atomic E-state index is 0.0449. The van der Waals surface area contributed by atoms with Crippen LogP contribution in [0, 0.1) is 10.1 Å². The summed E-state index contributed by atoms with van der Waals surface area (Å²) in [4.78, 5) is 15.1. The Morgan fingerprint density at radius 2 is 2.25 bits per heavy atom. The van der Waals surface area contributed by atoms with E-state index in [1.54, 1.807) is 30.6 Å². The maximum absolute atomic E-state index is 11.2. The van der Waals surface area contributed by atoms with Gasteiger partial charge in [-0.2, -0.15) is 4.40 Å². The zero-order valence-corrected chi connectivity index (χ0v) is 11.8. The molecule has 0 radical (unpaired) electrons. The van der Waals surface area contributed by atoms with Gasteiger partial charge in [-0.3, -0.25) is 0 Å². The minimum atomic E-state index is -0.433. The van der Waals surface area contributed by atoms with E-state index in [1.165, 1.54) is 9.08 Å². The van der Waals surface area contributed by atoms with Crippen LogP contribution in [0.25, 0.3) is 5.65 Å². The Bertz CT molecular complexity index is 780. The van der Waals surface area contributed by atoms with Crippen molar-refractivity contribution in [2.24, 2.45) is 0 Å². The lowest BCUT2D eigenvalue weighted by Gasteiger charge is -1.98. The van der Waals surface area contributed by atoms with Crippen molar-refractivity contribution in [3.63, 3.8) is 0 Å². The quantitative estimate of drug-likeness (QED) is 0.411. The highest BCUT2D eigenvalue weighted by Gasteiger charge is 2.22. The van der Waals surface area contributed by atoms with Crippen LogP contribution in [0.2, 0.25) is 0 Å². The fourth-order valence-electron chi connectivity index (χ4n) is 1.96. The average molecular weight is 337 g/mol. The molecule has 0 saturated heterocycles. The Morgan fingerprint density at radius 1 is 1.40 bits per heavy atom. The van der Waals surface area contributed by atoms with E-state index in [2.05, 4.69) is 31.2 Å². The first-order valence-electron chi connectivity index (χ1n) is 5.74. The third-order valence-corrected chi connectivity index (χ3v) is 3.36. The molecule has 0 fully saturated rings. The predicted octanol–water partition coefficient (Wildman–Crippen LogP) is 1.78. The van der Waals surface area contributed by atoms with E-state index in [-0.39, 0.29) is 12.4 Å². The number of nitrogens with zero attached hydrogens (tertiary/aromatic N) is 6. The van der Waals surface area contributed by atoms with Gasteiger partial charge in [0.1, 0.15) is 0 Å². The summed E-state index contributed by atoms with van der Waals surface area (Å²) < 4.78 is 2.99. The van der Waals surface area contributed by atoms with Gasteiger partial charge >= 0.3 is 5.82 Å². The van der Waals surface area contributed by atoms with Crippen molar-refractivity contribution in [3.05, 3.63) is 52.1 Å². The van der Waals surface area contributed by atoms with Crippen LogP contribution in [-0.2, 0) is 11.9 Å². The molecule has 0 aromatic carbocycles. The minimum Gasteiger partial charge on any atom is -0.358 e. The Kier molecular flexibility index (Phi) is 3.18. The molecule has 0 saturated carbocycles. The molecule has 20 heavy (non-hydrogen) atoms. The van der Waals surface area contributed by atoms with E-state index in [0.29, 0.717) is 16.7 Å². The smallest absolute Gasteiger partial charge is 0.353 e. The van der Waals surface area contributed by atoms with Crippen LogP contribution in [-0.4, -0.2) is 29.3 Å². The second-order valence-electron chi connectivity index (χ2n) is 4.11. The molecule has 0 spiro atoms. The number of halogens is 1.